The van der Waals surface area contributed by atoms with Crippen LogP contribution in [0, 0.1) is 5.82 Å². The molecule has 0 unspecified atom stereocenters. The average Bonchev–Trinajstić information content (AvgIpc) is 2.54. The van der Waals surface area contributed by atoms with Gasteiger partial charge in [-0.05, 0) is 24.3 Å². The van der Waals surface area contributed by atoms with Gasteiger partial charge in [-0.15, -0.1) is 0 Å². The van der Waals surface area contributed by atoms with Crippen LogP contribution < -0.4 is 5.30 Å². The first-order chi connectivity index (χ1) is 6.21. The van der Waals surface area contributed by atoms with E-state index in [0.29, 0.717) is 18.5 Å². The van der Waals surface area contributed by atoms with Crippen molar-refractivity contribution in [2.24, 2.45) is 0 Å². The van der Waals surface area contributed by atoms with Gasteiger partial charge >= 0.3 is 7.60 Å². The molecule has 0 aliphatic carbocycles. The molecule has 0 bridgehead atoms. The van der Waals surface area contributed by atoms with Gasteiger partial charge in [-0.3, -0.25) is 4.57 Å². The predicted octanol–water partition coefficient (Wildman–Crippen LogP) is 1.69. The lowest BCUT2D eigenvalue weighted by Gasteiger charge is -2.08. The van der Waals surface area contributed by atoms with Crippen LogP contribution in [0.1, 0.15) is 0 Å². The highest BCUT2D eigenvalue weighted by Crippen LogP contribution is 2.50. The summed E-state index contributed by atoms with van der Waals surface area (Å²) in [5.74, 6) is -0.366. The lowest BCUT2D eigenvalue weighted by Crippen LogP contribution is -2.04. The van der Waals surface area contributed by atoms with E-state index >= 15 is 0 Å². The second-order valence-corrected chi connectivity index (χ2v) is 4.67. The van der Waals surface area contributed by atoms with Gasteiger partial charge in [0.25, 0.3) is 0 Å². The zero-order chi connectivity index (χ0) is 9.31. The van der Waals surface area contributed by atoms with Crippen LogP contribution >= 0.6 is 7.60 Å². The summed E-state index contributed by atoms with van der Waals surface area (Å²) >= 11 is 0. The molecule has 0 aromatic heterocycles. The second-order valence-electron chi connectivity index (χ2n) is 2.64. The molecule has 0 radical (unpaired) electrons. The van der Waals surface area contributed by atoms with Crippen molar-refractivity contribution in [3.63, 3.8) is 0 Å². The van der Waals surface area contributed by atoms with Gasteiger partial charge < -0.3 is 9.05 Å². The van der Waals surface area contributed by atoms with Crippen LogP contribution in [0.2, 0.25) is 0 Å². The second kappa shape index (κ2) is 3.22. The van der Waals surface area contributed by atoms with Crippen molar-refractivity contribution >= 4 is 12.9 Å². The van der Waals surface area contributed by atoms with E-state index < -0.39 is 7.60 Å². The predicted molar refractivity (Wildman–Crippen MR) is 45.5 cm³/mol. The van der Waals surface area contributed by atoms with Gasteiger partial charge in [0.1, 0.15) is 5.82 Å². The summed E-state index contributed by atoms with van der Waals surface area (Å²) in [6.45, 7) is 0.656. The summed E-state index contributed by atoms with van der Waals surface area (Å²) in [5.41, 5.74) is 0. The average molecular weight is 202 g/mol. The van der Waals surface area contributed by atoms with Crippen molar-refractivity contribution in [1.29, 1.82) is 0 Å². The maximum atomic E-state index is 12.5. The smallest absolute Gasteiger partial charge is 0.303 e. The Morgan fingerprint density at radius 2 is 1.69 bits per heavy atom. The van der Waals surface area contributed by atoms with Crippen LogP contribution in [0.25, 0.3) is 0 Å². The number of rotatable bonds is 1. The van der Waals surface area contributed by atoms with Gasteiger partial charge in [-0.25, -0.2) is 4.39 Å². The lowest BCUT2D eigenvalue weighted by molar-refractivity contribution is 0.365. The standard InChI is InChI=1S/C8H8FO3P/c9-7-1-3-8(4-2-7)13(10)11-5-6-12-13/h1-4H,5-6H2. The van der Waals surface area contributed by atoms with Crippen LogP contribution in [-0.2, 0) is 13.6 Å². The molecule has 2 rings (SSSR count). The van der Waals surface area contributed by atoms with E-state index in [-0.39, 0.29) is 5.82 Å². The number of halogens is 1. The minimum Gasteiger partial charge on any atom is -0.303 e. The molecule has 1 heterocycles. The van der Waals surface area contributed by atoms with Gasteiger partial charge in [0.2, 0.25) is 0 Å². The first-order valence-electron chi connectivity index (χ1n) is 3.86. The fraction of sp³-hybridized carbons (Fsp3) is 0.250. The molecule has 1 aromatic rings. The van der Waals surface area contributed by atoms with Gasteiger partial charge in [0.15, 0.2) is 0 Å². The molecular formula is C8H8FO3P. The summed E-state index contributed by atoms with van der Waals surface area (Å²) < 4.78 is 34.2. The zero-order valence-corrected chi connectivity index (χ0v) is 7.67. The van der Waals surface area contributed by atoms with Gasteiger partial charge in [0, 0.05) is 0 Å². The summed E-state index contributed by atoms with van der Waals surface area (Å²) in [6.07, 6.45) is 0. The zero-order valence-electron chi connectivity index (χ0n) is 6.77. The van der Waals surface area contributed by atoms with E-state index in [1.54, 1.807) is 0 Å². The third kappa shape index (κ3) is 1.66. The fourth-order valence-electron chi connectivity index (χ4n) is 1.12. The largest absolute Gasteiger partial charge is 0.361 e. The molecule has 3 nitrogen and oxygen atoms in total. The van der Waals surface area contributed by atoms with E-state index in [2.05, 4.69) is 0 Å². The lowest BCUT2D eigenvalue weighted by atomic mass is 10.4. The highest BCUT2D eigenvalue weighted by molar-refractivity contribution is 7.62. The molecule has 1 saturated heterocycles. The van der Waals surface area contributed by atoms with Crippen LogP contribution in [0.15, 0.2) is 24.3 Å². The minimum atomic E-state index is -3.11. The topological polar surface area (TPSA) is 35.5 Å². The van der Waals surface area contributed by atoms with Crippen molar-refractivity contribution in [2.45, 2.75) is 0 Å². The molecule has 1 aliphatic heterocycles. The molecule has 1 fully saturated rings. The summed E-state index contributed by atoms with van der Waals surface area (Å²) in [5, 5.41) is 0.409. The van der Waals surface area contributed by atoms with Crippen LogP contribution in [0.3, 0.4) is 0 Å². The van der Waals surface area contributed by atoms with Crippen molar-refractivity contribution in [3.8, 4) is 0 Å². The van der Waals surface area contributed by atoms with Crippen LogP contribution in [-0.4, -0.2) is 13.2 Å². The molecule has 0 atom stereocenters. The Balaban J connectivity index is 2.35. The number of hydrogen-bond acceptors (Lipinski definition) is 3. The Labute approximate surface area is 75.0 Å². The number of benzene rings is 1. The van der Waals surface area contributed by atoms with E-state index in [4.69, 9.17) is 9.05 Å². The molecule has 70 valence electrons. The van der Waals surface area contributed by atoms with E-state index in [9.17, 15) is 8.96 Å². The third-order valence-corrected chi connectivity index (χ3v) is 3.72. The van der Waals surface area contributed by atoms with Crippen molar-refractivity contribution in [1.82, 2.24) is 0 Å². The van der Waals surface area contributed by atoms with Crippen molar-refractivity contribution < 1.29 is 18.0 Å². The van der Waals surface area contributed by atoms with Gasteiger partial charge in [-0.1, -0.05) is 0 Å². The Morgan fingerprint density at radius 1 is 1.15 bits per heavy atom. The maximum Gasteiger partial charge on any atom is 0.361 e. The highest BCUT2D eigenvalue weighted by atomic mass is 31.2. The van der Waals surface area contributed by atoms with Crippen molar-refractivity contribution in [2.75, 3.05) is 13.2 Å². The van der Waals surface area contributed by atoms with Crippen LogP contribution in [0.4, 0.5) is 4.39 Å². The summed E-state index contributed by atoms with van der Waals surface area (Å²) in [7, 11) is -3.11. The normalized spacial score (nSPS) is 20.4. The molecule has 5 heteroatoms. The molecule has 0 spiro atoms. The molecule has 0 amide bonds. The SMILES string of the molecule is O=P1(c2ccc(F)cc2)OCCO1. The Morgan fingerprint density at radius 3 is 2.23 bits per heavy atom. The first kappa shape index (κ1) is 8.88. The number of hydrogen-bond donors (Lipinski definition) is 0. The molecule has 1 aromatic carbocycles. The van der Waals surface area contributed by atoms with E-state index in [0.717, 1.165) is 0 Å². The molecule has 0 N–H and O–H groups in total. The summed E-state index contributed by atoms with van der Waals surface area (Å²) in [4.78, 5) is 0. The van der Waals surface area contributed by atoms with E-state index in [1.807, 2.05) is 0 Å². The van der Waals surface area contributed by atoms with Crippen molar-refractivity contribution in [3.05, 3.63) is 30.1 Å². The minimum absolute atomic E-state index is 0.328. The fourth-order valence-corrected chi connectivity index (χ4v) is 2.64. The maximum absolute atomic E-state index is 12.5. The molecular weight excluding hydrogens is 194 g/mol. The van der Waals surface area contributed by atoms with Gasteiger partial charge in [0.05, 0.1) is 18.5 Å². The first-order valence-corrected chi connectivity index (χ1v) is 5.40. The van der Waals surface area contributed by atoms with Crippen LogP contribution in [0.5, 0.6) is 0 Å². The molecule has 0 saturated carbocycles. The monoisotopic (exact) mass is 202 g/mol. The Bertz CT molecular complexity index is 339. The third-order valence-electron chi connectivity index (χ3n) is 1.75. The Kier molecular flexibility index (Phi) is 2.20. The summed E-state index contributed by atoms with van der Waals surface area (Å²) in [6, 6.07) is 5.31. The Hall–Kier alpha value is -0.700. The highest BCUT2D eigenvalue weighted by Gasteiger charge is 2.32. The quantitative estimate of drug-likeness (QED) is 0.650. The van der Waals surface area contributed by atoms with Gasteiger partial charge in [-0.2, -0.15) is 0 Å². The van der Waals surface area contributed by atoms with E-state index in [1.165, 1.54) is 24.3 Å². The molecule has 1 aliphatic rings. The molecule has 13 heavy (non-hydrogen) atoms.